The van der Waals surface area contributed by atoms with E-state index in [0.29, 0.717) is 46.9 Å². The molecule has 0 aliphatic carbocycles. The molecule has 5 nitrogen and oxygen atoms in total. The maximum atomic E-state index is 12.9. The number of alkyl halides is 4. The predicted molar refractivity (Wildman–Crippen MR) is 106 cm³/mol. The number of hydrogen-bond donors (Lipinski definition) is 2. The van der Waals surface area contributed by atoms with Crippen molar-refractivity contribution in [1.29, 1.82) is 5.41 Å². The van der Waals surface area contributed by atoms with Crippen LogP contribution in [0.2, 0.25) is 0 Å². The molecule has 2 atom stereocenters. The quantitative estimate of drug-likeness (QED) is 0.212. The van der Waals surface area contributed by atoms with Gasteiger partial charge < -0.3 is 0 Å². The Labute approximate surface area is 167 Å². The van der Waals surface area contributed by atoms with E-state index in [1.807, 2.05) is 13.0 Å². The second kappa shape index (κ2) is 8.58. The first-order valence-corrected chi connectivity index (χ1v) is 15.5. The standard InChI is InChI=1S/C18H26I2N3O2/c1-11-9-13(12(2)21)10-17(22-11)23-18(25)15-3-4-16(24)20(15)14-5-7-19-8-6-14/h10-11,14-15,21H,3-9H2,1-2H3,(H,22,23,25)/q-1/t11?,15-/m1/s1. The fraction of sp³-hybridized carbons (Fsp3) is 0.667. The number of nitrogens with zero attached hydrogens (tertiary/aromatic N) is 1. The van der Waals surface area contributed by atoms with Crippen LogP contribution in [0.4, 0.5) is 0 Å². The van der Waals surface area contributed by atoms with Gasteiger partial charge in [-0.2, -0.15) is 0 Å². The zero-order chi connectivity index (χ0) is 18.0. The number of amidine groups is 1. The Hall–Kier alpha value is -0.320. The normalized spacial score (nSPS) is 29.5. The molecule has 2 saturated heterocycles. The van der Waals surface area contributed by atoms with Crippen LogP contribution in [0.15, 0.2) is 16.6 Å². The van der Waals surface area contributed by atoms with Gasteiger partial charge in [0.15, 0.2) is 0 Å². The minimum absolute atomic E-state index is 0.0161. The van der Waals surface area contributed by atoms with E-state index in [1.165, 1.54) is 21.7 Å². The number of hydrogen-bond acceptors (Lipinski definition) is 4. The SMILES string of the molecule is CC(=N)C1=CC(NC(=O)[C@H]2CCC(=O)I2C2CC[I-]CC2)=NC(C)C1. The van der Waals surface area contributed by atoms with Gasteiger partial charge in [-0.25, -0.2) is 0 Å². The van der Waals surface area contributed by atoms with Crippen LogP contribution in [0.25, 0.3) is 0 Å². The third-order valence-electron chi connectivity index (χ3n) is 4.77. The zero-order valence-corrected chi connectivity index (χ0v) is 19.1. The van der Waals surface area contributed by atoms with E-state index in [4.69, 9.17) is 5.41 Å². The van der Waals surface area contributed by atoms with Crippen LogP contribution < -0.4 is 26.5 Å². The number of dihydropyridines is 1. The molecule has 0 aromatic rings. The summed E-state index contributed by atoms with van der Waals surface area (Å²) in [5, 5.41) is 10.8. The Balaban J connectivity index is 1.71. The average Bonchev–Trinajstić information content (AvgIpc) is 2.96. The van der Waals surface area contributed by atoms with Crippen molar-refractivity contribution >= 4 is 41.1 Å². The van der Waals surface area contributed by atoms with Gasteiger partial charge in [-0.05, 0) is 0 Å². The summed E-state index contributed by atoms with van der Waals surface area (Å²) >= 11 is -1.55. The van der Waals surface area contributed by atoms with E-state index >= 15 is 0 Å². The number of nitrogens with one attached hydrogen (secondary N) is 2. The number of halogens is 2. The van der Waals surface area contributed by atoms with Crippen LogP contribution in [-0.4, -0.2) is 44.0 Å². The van der Waals surface area contributed by atoms with E-state index in [2.05, 4.69) is 10.3 Å². The van der Waals surface area contributed by atoms with Crippen molar-refractivity contribution in [3.63, 3.8) is 0 Å². The fourth-order valence-corrected chi connectivity index (χ4v) is 16.5. The molecule has 0 spiro atoms. The van der Waals surface area contributed by atoms with Crippen molar-refractivity contribution in [2.24, 2.45) is 4.99 Å². The Bertz CT molecular complexity index is 638. The first-order valence-electron chi connectivity index (χ1n) is 8.83. The van der Waals surface area contributed by atoms with E-state index in [0.717, 1.165) is 18.4 Å². The molecule has 3 rings (SSSR count). The summed E-state index contributed by atoms with van der Waals surface area (Å²) in [7, 11) is 0. The molecular weight excluding hydrogens is 544 g/mol. The first-order chi connectivity index (χ1) is 12.0. The summed E-state index contributed by atoms with van der Waals surface area (Å²) in [6.45, 7) is 3.78. The Morgan fingerprint density at radius 3 is 2.76 bits per heavy atom. The molecule has 0 aromatic heterocycles. The van der Waals surface area contributed by atoms with Gasteiger partial charge in [0.2, 0.25) is 0 Å². The molecule has 0 saturated carbocycles. The molecular formula is C18H26I2N3O2-. The van der Waals surface area contributed by atoms with Crippen LogP contribution in [0.1, 0.15) is 46.0 Å². The second-order valence-corrected chi connectivity index (χ2v) is 16.5. The van der Waals surface area contributed by atoms with Gasteiger partial charge in [0, 0.05) is 0 Å². The van der Waals surface area contributed by atoms with Crippen molar-refractivity contribution in [3.8, 4) is 0 Å². The summed E-state index contributed by atoms with van der Waals surface area (Å²) in [4.78, 5) is 29.9. The molecule has 2 fully saturated rings. The molecule has 1 amide bonds. The molecule has 2 N–H and O–H groups in total. The molecule has 1 unspecified atom stereocenters. The predicted octanol–water partition coefficient (Wildman–Crippen LogP) is -0.294. The molecule has 140 valence electrons. The van der Waals surface area contributed by atoms with Crippen LogP contribution in [0, 0.1) is 5.41 Å². The van der Waals surface area contributed by atoms with Crippen molar-refractivity contribution < 1.29 is 30.8 Å². The van der Waals surface area contributed by atoms with Gasteiger partial charge in [0.05, 0.1) is 0 Å². The molecule has 3 heterocycles. The number of aliphatic imine (C=N–C) groups is 1. The van der Waals surface area contributed by atoms with E-state index < -0.39 is 19.8 Å². The van der Waals surface area contributed by atoms with Crippen molar-refractivity contribution in [3.05, 3.63) is 11.6 Å². The fourth-order valence-electron chi connectivity index (χ4n) is 3.50. The number of amides is 1. The number of rotatable bonds is 3. The third kappa shape index (κ3) is 4.70. The number of carbonyl (C=O) groups excluding carboxylic acids is 2. The molecule has 3 aliphatic rings. The van der Waals surface area contributed by atoms with Gasteiger partial charge in [-0.15, -0.1) is 0 Å². The summed E-state index contributed by atoms with van der Waals surface area (Å²) < 4.78 is 3.61. The van der Waals surface area contributed by atoms with Gasteiger partial charge in [-0.1, -0.05) is 0 Å². The zero-order valence-electron chi connectivity index (χ0n) is 14.8. The van der Waals surface area contributed by atoms with Crippen molar-refractivity contribution in [2.45, 2.75) is 59.8 Å². The van der Waals surface area contributed by atoms with Crippen molar-refractivity contribution in [1.82, 2.24) is 5.32 Å². The average molecular weight is 570 g/mol. The van der Waals surface area contributed by atoms with Gasteiger partial charge in [-0.3, -0.25) is 0 Å². The minimum atomic E-state index is -1.91. The first kappa shape index (κ1) is 19.4. The summed E-state index contributed by atoms with van der Waals surface area (Å²) in [6, 6.07) is 0.0812. The molecule has 0 radical (unpaired) electrons. The Morgan fingerprint density at radius 1 is 1.36 bits per heavy atom. The Kier molecular flexibility index (Phi) is 6.67. The summed E-state index contributed by atoms with van der Waals surface area (Å²) in [5.74, 6) is 0.595. The molecule has 0 aromatic carbocycles. The van der Waals surface area contributed by atoms with Gasteiger partial charge >= 0.3 is 168 Å². The molecule has 25 heavy (non-hydrogen) atoms. The van der Waals surface area contributed by atoms with E-state index in [-0.39, 0.29) is 15.9 Å². The van der Waals surface area contributed by atoms with Gasteiger partial charge in [0.25, 0.3) is 0 Å². The number of carbonyl (C=O) groups is 2. The van der Waals surface area contributed by atoms with Crippen LogP contribution in [0.5, 0.6) is 0 Å². The van der Waals surface area contributed by atoms with E-state index in [1.54, 1.807) is 6.92 Å². The van der Waals surface area contributed by atoms with Gasteiger partial charge in [0.1, 0.15) is 0 Å². The topological polar surface area (TPSA) is 82.4 Å². The second-order valence-electron chi connectivity index (χ2n) is 6.80. The molecule has 7 heteroatoms. The summed E-state index contributed by atoms with van der Waals surface area (Å²) in [5.41, 5.74) is 1.47. The molecule has 0 bridgehead atoms. The maximum absolute atomic E-state index is 12.9. The molecule has 3 aliphatic heterocycles. The monoisotopic (exact) mass is 570 g/mol. The summed E-state index contributed by atoms with van der Waals surface area (Å²) in [6.07, 6.45) is 6.33. The van der Waals surface area contributed by atoms with Crippen LogP contribution in [0.3, 0.4) is 0 Å². The Morgan fingerprint density at radius 2 is 2.08 bits per heavy atom. The van der Waals surface area contributed by atoms with Crippen LogP contribution in [-0.2, 0) is 9.59 Å². The van der Waals surface area contributed by atoms with Crippen molar-refractivity contribution in [2.75, 3.05) is 8.86 Å². The van der Waals surface area contributed by atoms with E-state index in [9.17, 15) is 9.59 Å². The van der Waals surface area contributed by atoms with Crippen LogP contribution >= 0.6 is 19.8 Å². The third-order valence-corrected chi connectivity index (χ3v) is 15.4.